The number of hydrogen-bond acceptors (Lipinski definition) is 4. The number of ether oxygens (including phenoxy) is 1. The molecule has 0 atom stereocenters. The molecule has 4 heteroatoms. The van der Waals surface area contributed by atoms with Crippen LogP contribution >= 0.6 is 0 Å². The predicted octanol–water partition coefficient (Wildman–Crippen LogP) is 4.37. The molecule has 2 heterocycles. The summed E-state index contributed by atoms with van der Waals surface area (Å²) in [5.74, 6) is 1.13. The zero-order valence-electron chi connectivity index (χ0n) is 18.9. The first-order chi connectivity index (χ1) is 13.8. The lowest BCUT2D eigenvalue weighted by atomic mass is 9.91. The maximum absolute atomic E-state index is 6.30. The SMILES string of the molecule is CNCc1ccc(N2CCN(c3c(C)c(C)c4c(c3C)CC(C)(C)O4)CC2)cc1. The molecule has 2 aromatic carbocycles. The average Bonchev–Trinajstić information content (AvgIpc) is 3.04. The minimum Gasteiger partial charge on any atom is -0.487 e. The second-order valence-electron chi connectivity index (χ2n) is 9.24. The Kier molecular flexibility index (Phi) is 5.24. The second kappa shape index (κ2) is 7.56. The van der Waals surface area contributed by atoms with Crippen LogP contribution in [0.1, 0.15) is 41.7 Å². The molecule has 0 aliphatic carbocycles. The Balaban J connectivity index is 1.53. The van der Waals surface area contributed by atoms with Gasteiger partial charge in [0.15, 0.2) is 0 Å². The van der Waals surface area contributed by atoms with Gasteiger partial charge in [0, 0.05) is 56.1 Å². The lowest BCUT2D eigenvalue weighted by Crippen LogP contribution is -2.47. The largest absolute Gasteiger partial charge is 0.487 e. The summed E-state index contributed by atoms with van der Waals surface area (Å²) >= 11 is 0. The van der Waals surface area contributed by atoms with Crippen LogP contribution in [0.5, 0.6) is 5.75 Å². The van der Waals surface area contributed by atoms with Gasteiger partial charge in [-0.25, -0.2) is 0 Å². The third kappa shape index (κ3) is 3.71. The van der Waals surface area contributed by atoms with Crippen molar-refractivity contribution in [2.45, 2.75) is 53.2 Å². The van der Waals surface area contributed by atoms with Gasteiger partial charge in [0.25, 0.3) is 0 Å². The van der Waals surface area contributed by atoms with Crippen LogP contribution < -0.4 is 19.9 Å². The number of nitrogens with zero attached hydrogens (tertiary/aromatic N) is 2. The van der Waals surface area contributed by atoms with E-state index < -0.39 is 0 Å². The van der Waals surface area contributed by atoms with E-state index in [0.29, 0.717) is 0 Å². The lowest BCUT2D eigenvalue weighted by molar-refractivity contribution is 0.137. The van der Waals surface area contributed by atoms with Gasteiger partial charge in [0.1, 0.15) is 11.4 Å². The molecule has 1 saturated heterocycles. The van der Waals surface area contributed by atoms with E-state index in [-0.39, 0.29) is 5.60 Å². The number of benzene rings is 2. The maximum atomic E-state index is 6.30. The molecule has 1 fully saturated rings. The van der Waals surface area contributed by atoms with Gasteiger partial charge < -0.3 is 19.9 Å². The Morgan fingerprint density at radius 3 is 2.14 bits per heavy atom. The molecule has 0 amide bonds. The van der Waals surface area contributed by atoms with Crippen molar-refractivity contribution in [1.29, 1.82) is 0 Å². The highest BCUT2D eigenvalue weighted by Gasteiger charge is 2.35. The van der Waals surface area contributed by atoms with E-state index in [0.717, 1.165) is 44.9 Å². The third-order valence-corrected chi connectivity index (χ3v) is 6.60. The fraction of sp³-hybridized carbons (Fsp3) is 0.520. The molecule has 1 N–H and O–H groups in total. The smallest absolute Gasteiger partial charge is 0.127 e. The van der Waals surface area contributed by atoms with Crippen LogP contribution in [0.25, 0.3) is 0 Å². The predicted molar refractivity (Wildman–Crippen MR) is 123 cm³/mol. The Labute approximate surface area is 175 Å². The summed E-state index contributed by atoms with van der Waals surface area (Å²) in [5.41, 5.74) is 9.53. The van der Waals surface area contributed by atoms with Gasteiger partial charge in [0.2, 0.25) is 0 Å². The number of anilines is 2. The Morgan fingerprint density at radius 2 is 1.52 bits per heavy atom. The molecule has 0 spiro atoms. The van der Waals surface area contributed by atoms with Crippen molar-refractivity contribution in [2.24, 2.45) is 0 Å². The number of piperazine rings is 1. The van der Waals surface area contributed by atoms with Crippen LogP contribution in [0.15, 0.2) is 24.3 Å². The molecule has 29 heavy (non-hydrogen) atoms. The molecule has 2 aliphatic rings. The van der Waals surface area contributed by atoms with E-state index in [4.69, 9.17) is 4.74 Å². The summed E-state index contributed by atoms with van der Waals surface area (Å²) in [6.07, 6.45) is 1.00. The number of nitrogens with one attached hydrogen (secondary N) is 1. The molecular formula is C25H35N3O. The average molecular weight is 394 g/mol. The molecule has 2 aromatic rings. The summed E-state index contributed by atoms with van der Waals surface area (Å²) in [5, 5.41) is 3.22. The quantitative estimate of drug-likeness (QED) is 0.835. The van der Waals surface area contributed by atoms with Crippen LogP contribution in [0.4, 0.5) is 11.4 Å². The monoisotopic (exact) mass is 393 g/mol. The Morgan fingerprint density at radius 1 is 0.897 bits per heavy atom. The summed E-state index contributed by atoms with van der Waals surface area (Å²) in [7, 11) is 1.99. The fourth-order valence-electron chi connectivity index (χ4n) is 4.95. The van der Waals surface area contributed by atoms with Gasteiger partial charge >= 0.3 is 0 Å². The number of fused-ring (bicyclic) bond motifs is 1. The first-order valence-corrected chi connectivity index (χ1v) is 10.9. The molecule has 0 unspecified atom stereocenters. The molecular weight excluding hydrogens is 358 g/mol. The van der Waals surface area contributed by atoms with Crippen LogP contribution in [0, 0.1) is 20.8 Å². The van der Waals surface area contributed by atoms with Crippen molar-refractivity contribution < 1.29 is 4.74 Å². The summed E-state index contributed by atoms with van der Waals surface area (Å²) < 4.78 is 6.30. The van der Waals surface area contributed by atoms with E-state index in [2.05, 4.69) is 74.0 Å². The van der Waals surface area contributed by atoms with Crippen molar-refractivity contribution in [3.63, 3.8) is 0 Å². The summed E-state index contributed by atoms with van der Waals surface area (Å²) in [6.45, 7) is 16.3. The fourth-order valence-corrected chi connectivity index (χ4v) is 4.95. The molecule has 0 aromatic heterocycles. The van der Waals surface area contributed by atoms with Gasteiger partial charge in [0.05, 0.1) is 0 Å². The minimum atomic E-state index is -0.0962. The Hall–Kier alpha value is -2.20. The maximum Gasteiger partial charge on any atom is 0.127 e. The zero-order valence-corrected chi connectivity index (χ0v) is 18.9. The highest BCUT2D eigenvalue weighted by Crippen LogP contribution is 2.45. The van der Waals surface area contributed by atoms with E-state index in [9.17, 15) is 0 Å². The van der Waals surface area contributed by atoms with Crippen molar-refractivity contribution in [3.8, 4) is 5.75 Å². The van der Waals surface area contributed by atoms with Crippen LogP contribution in [0.2, 0.25) is 0 Å². The van der Waals surface area contributed by atoms with Gasteiger partial charge in [-0.2, -0.15) is 0 Å². The molecule has 4 nitrogen and oxygen atoms in total. The van der Waals surface area contributed by atoms with Gasteiger partial charge in [-0.3, -0.25) is 0 Å². The minimum absolute atomic E-state index is 0.0962. The topological polar surface area (TPSA) is 27.7 Å². The molecule has 0 bridgehead atoms. The molecule has 0 radical (unpaired) electrons. The van der Waals surface area contributed by atoms with E-state index in [1.54, 1.807) is 0 Å². The van der Waals surface area contributed by atoms with Crippen LogP contribution in [0.3, 0.4) is 0 Å². The highest BCUT2D eigenvalue weighted by atomic mass is 16.5. The van der Waals surface area contributed by atoms with E-state index in [1.165, 1.54) is 39.2 Å². The van der Waals surface area contributed by atoms with Crippen molar-refractivity contribution >= 4 is 11.4 Å². The second-order valence-corrected chi connectivity index (χ2v) is 9.24. The number of hydrogen-bond donors (Lipinski definition) is 1. The molecule has 0 saturated carbocycles. The van der Waals surface area contributed by atoms with Crippen molar-refractivity contribution in [1.82, 2.24) is 5.32 Å². The van der Waals surface area contributed by atoms with Crippen molar-refractivity contribution in [3.05, 3.63) is 52.1 Å². The summed E-state index contributed by atoms with van der Waals surface area (Å²) in [6, 6.07) is 8.99. The van der Waals surface area contributed by atoms with Gasteiger partial charge in [-0.15, -0.1) is 0 Å². The first kappa shape index (κ1) is 20.1. The van der Waals surface area contributed by atoms with E-state index in [1.807, 2.05) is 7.05 Å². The number of rotatable bonds is 4. The van der Waals surface area contributed by atoms with Gasteiger partial charge in [-0.1, -0.05) is 12.1 Å². The van der Waals surface area contributed by atoms with Crippen molar-refractivity contribution in [2.75, 3.05) is 43.0 Å². The zero-order chi connectivity index (χ0) is 20.8. The normalized spacial score (nSPS) is 18.0. The molecule has 4 rings (SSSR count). The van der Waals surface area contributed by atoms with Crippen LogP contribution in [-0.4, -0.2) is 38.8 Å². The first-order valence-electron chi connectivity index (χ1n) is 10.9. The van der Waals surface area contributed by atoms with Crippen LogP contribution in [-0.2, 0) is 13.0 Å². The van der Waals surface area contributed by atoms with Gasteiger partial charge in [-0.05, 0) is 76.1 Å². The summed E-state index contributed by atoms with van der Waals surface area (Å²) in [4.78, 5) is 5.10. The lowest BCUT2D eigenvalue weighted by Gasteiger charge is -2.39. The standard InChI is InChI=1S/C25H35N3O/c1-17-18(2)24-22(15-25(4,5)29-24)19(3)23(17)28-13-11-27(12-14-28)21-9-7-20(8-10-21)16-26-6/h7-10,26H,11-16H2,1-6H3. The highest BCUT2D eigenvalue weighted by molar-refractivity contribution is 5.70. The molecule has 156 valence electrons. The Bertz CT molecular complexity index is 894. The molecule has 2 aliphatic heterocycles. The van der Waals surface area contributed by atoms with E-state index >= 15 is 0 Å². The third-order valence-electron chi connectivity index (χ3n) is 6.60.